The van der Waals surface area contributed by atoms with Crippen molar-refractivity contribution in [3.05, 3.63) is 64.7 Å². The molecule has 0 spiro atoms. The lowest BCUT2D eigenvalue weighted by atomic mass is 10.1. The molecule has 2 aromatic carbocycles. The van der Waals surface area contributed by atoms with Gasteiger partial charge in [-0.1, -0.05) is 24.3 Å². The van der Waals surface area contributed by atoms with Crippen molar-refractivity contribution in [2.45, 2.75) is 27.3 Å². The summed E-state index contributed by atoms with van der Waals surface area (Å²) in [6.45, 7) is 8.82. The van der Waals surface area contributed by atoms with E-state index in [0.29, 0.717) is 38.3 Å². The molecule has 1 aliphatic rings. The van der Waals surface area contributed by atoms with E-state index < -0.39 is 10.0 Å². The van der Waals surface area contributed by atoms with Crippen molar-refractivity contribution in [1.82, 2.24) is 9.21 Å². The van der Waals surface area contributed by atoms with Crippen molar-refractivity contribution in [3.63, 3.8) is 0 Å². The third-order valence-electron chi connectivity index (χ3n) is 5.54. The van der Waals surface area contributed by atoms with Gasteiger partial charge in [-0.15, -0.1) is 0 Å². The highest BCUT2D eigenvalue weighted by molar-refractivity contribution is 7.89. The van der Waals surface area contributed by atoms with E-state index in [1.54, 1.807) is 11.2 Å². The van der Waals surface area contributed by atoms with E-state index in [0.717, 1.165) is 22.4 Å². The van der Waals surface area contributed by atoms with Crippen molar-refractivity contribution in [2.75, 3.05) is 37.2 Å². The van der Waals surface area contributed by atoms with Gasteiger partial charge in [-0.05, 0) is 55.7 Å². The topological polar surface area (TPSA) is 69.7 Å². The van der Waals surface area contributed by atoms with Crippen molar-refractivity contribution in [3.8, 4) is 0 Å². The number of nitrogens with zero attached hydrogens (tertiary/aromatic N) is 2. The van der Waals surface area contributed by atoms with E-state index in [-0.39, 0.29) is 11.7 Å². The zero-order valence-electron chi connectivity index (χ0n) is 17.3. The molecule has 1 saturated heterocycles. The molecule has 1 aliphatic heterocycles. The Morgan fingerprint density at radius 2 is 1.72 bits per heavy atom. The first-order chi connectivity index (χ1) is 13.8. The first-order valence-corrected chi connectivity index (χ1v) is 11.6. The first-order valence-electron chi connectivity index (χ1n) is 9.97. The second-order valence-electron chi connectivity index (χ2n) is 7.48. The van der Waals surface area contributed by atoms with Crippen LogP contribution in [0.3, 0.4) is 0 Å². The number of rotatable bonds is 6. The van der Waals surface area contributed by atoms with E-state index >= 15 is 0 Å². The minimum Gasteiger partial charge on any atom is -0.322 e. The molecular formula is C22H29N3O3S. The minimum absolute atomic E-state index is 0.126. The number of sulfonamides is 1. The van der Waals surface area contributed by atoms with E-state index in [1.165, 1.54) is 0 Å². The monoisotopic (exact) mass is 415 g/mol. The number of hydrogen-bond donors (Lipinski definition) is 1. The number of carbonyl (C=O) groups is 1. The summed E-state index contributed by atoms with van der Waals surface area (Å²) in [5.41, 5.74) is 4.70. The smallest absolute Gasteiger partial charge is 0.255 e. The summed E-state index contributed by atoms with van der Waals surface area (Å²) < 4.78 is 25.6. The SMILES string of the molecule is CCS(=O)(=O)N1CCN(Cc2cccc(C(=O)Nc3cccc(C)c3C)c2)CC1. The predicted octanol–water partition coefficient (Wildman–Crippen LogP) is 3.02. The summed E-state index contributed by atoms with van der Waals surface area (Å²) in [5.74, 6) is 0.0179. The molecule has 1 N–H and O–H groups in total. The second-order valence-corrected chi connectivity index (χ2v) is 9.74. The van der Waals surface area contributed by atoms with Gasteiger partial charge in [0.15, 0.2) is 0 Å². The average molecular weight is 416 g/mol. The molecule has 3 rings (SSSR count). The lowest BCUT2D eigenvalue weighted by molar-refractivity contribution is 0.102. The minimum atomic E-state index is -3.12. The Labute approximate surface area is 173 Å². The molecule has 0 atom stereocenters. The largest absolute Gasteiger partial charge is 0.322 e. The van der Waals surface area contributed by atoms with Gasteiger partial charge < -0.3 is 5.32 Å². The van der Waals surface area contributed by atoms with Gasteiger partial charge in [0.1, 0.15) is 0 Å². The maximum absolute atomic E-state index is 12.7. The van der Waals surface area contributed by atoms with Crippen LogP contribution in [-0.4, -0.2) is 55.5 Å². The number of benzene rings is 2. The molecule has 0 saturated carbocycles. The molecule has 0 radical (unpaired) electrons. The van der Waals surface area contributed by atoms with Crippen LogP contribution >= 0.6 is 0 Å². The quantitative estimate of drug-likeness (QED) is 0.787. The number of amides is 1. The molecule has 7 heteroatoms. The van der Waals surface area contributed by atoms with Crippen LogP contribution in [0.5, 0.6) is 0 Å². The molecule has 0 aliphatic carbocycles. The zero-order valence-corrected chi connectivity index (χ0v) is 18.1. The Kier molecular flexibility index (Phi) is 6.72. The van der Waals surface area contributed by atoms with Crippen molar-refractivity contribution in [2.24, 2.45) is 0 Å². The van der Waals surface area contributed by atoms with Crippen LogP contribution in [0.4, 0.5) is 5.69 Å². The van der Waals surface area contributed by atoms with Crippen LogP contribution in [0.1, 0.15) is 34.0 Å². The fraction of sp³-hybridized carbons (Fsp3) is 0.409. The van der Waals surface area contributed by atoms with E-state index in [9.17, 15) is 13.2 Å². The predicted molar refractivity (Wildman–Crippen MR) is 117 cm³/mol. The Morgan fingerprint density at radius 1 is 1.03 bits per heavy atom. The summed E-state index contributed by atoms with van der Waals surface area (Å²) in [6, 6.07) is 13.5. The molecule has 156 valence electrons. The van der Waals surface area contributed by atoms with Crippen molar-refractivity contribution in [1.29, 1.82) is 0 Å². The summed E-state index contributed by atoms with van der Waals surface area (Å²) >= 11 is 0. The number of hydrogen-bond acceptors (Lipinski definition) is 4. The van der Waals surface area contributed by atoms with Crippen LogP contribution in [0.25, 0.3) is 0 Å². The molecule has 29 heavy (non-hydrogen) atoms. The van der Waals surface area contributed by atoms with Gasteiger partial charge in [-0.25, -0.2) is 8.42 Å². The van der Waals surface area contributed by atoms with Gasteiger partial charge in [-0.2, -0.15) is 4.31 Å². The molecule has 0 bridgehead atoms. The lowest BCUT2D eigenvalue weighted by Gasteiger charge is -2.33. The first kappa shape index (κ1) is 21.5. The zero-order chi connectivity index (χ0) is 21.0. The fourth-order valence-electron chi connectivity index (χ4n) is 3.50. The Balaban J connectivity index is 1.63. The molecule has 1 fully saturated rings. The van der Waals surface area contributed by atoms with Gasteiger partial charge in [0.05, 0.1) is 5.75 Å². The Morgan fingerprint density at radius 3 is 2.41 bits per heavy atom. The van der Waals surface area contributed by atoms with Gasteiger partial charge in [0.25, 0.3) is 5.91 Å². The number of piperazine rings is 1. The van der Waals surface area contributed by atoms with Crippen molar-refractivity contribution < 1.29 is 13.2 Å². The standard InChI is InChI=1S/C22H29N3O3S/c1-4-29(27,28)25-13-11-24(12-14-25)16-19-8-6-9-20(15-19)22(26)23-21-10-5-7-17(2)18(21)3/h5-10,15H,4,11-14,16H2,1-3H3,(H,23,26). The molecular weight excluding hydrogens is 386 g/mol. The van der Waals surface area contributed by atoms with E-state index in [2.05, 4.69) is 10.2 Å². The maximum Gasteiger partial charge on any atom is 0.255 e. The number of nitrogens with one attached hydrogen (secondary N) is 1. The number of aryl methyl sites for hydroxylation is 1. The second kappa shape index (κ2) is 9.07. The number of carbonyl (C=O) groups excluding carboxylic acids is 1. The fourth-order valence-corrected chi connectivity index (χ4v) is 4.58. The van der Waals surface area contributed by atoms with Crippen LogP contribution in [0, 0.1) is 13.8 Å². The van der Waals surface area contributed by atoms with Crippen LogP contribution < -0.4 is 5.32 Å². The third kappa shape index (κ3) is 5.23. The summed E-state index contributed by atoms with van der Waals surface area (Å²) in [5, 5.41) is 3.00. The third-order valence-corrected chi connectivity index (χ3v) is 7.42. The lowest BCUT2D eigenvalue weighted by Crippen LogP contribution is -2.48. The molecule has 1 heterocycles. The molecule has 1 amide bonds. The molecule has 0 aromatic heterocycles. The van der Waals surface area contributed by atoms with Crippen LogP contribution in [0.2, 0.25) is 0 Å². The molecule has 0 unspecified atom stereocenters. The average Bonchev–Trinajstić information content (AvgIpc) is 2.72. The van der Waals surface area contributed by atoms with Crippen LogP contribution in [-0.2, 0) is 16.6 Å². The summed E-state index contributed by atoms with van der Waals surface area (Å²) in [6.07, 6.45) is 0. The van der Waals surface area contributed by atoms with Gasteiger partial charge >= 0.3 is 0 Å². The normalized spacial score (nSPS) is 16.0. The summed E-state index contributed by atoms with van der Waals surface area (Å²) in [7, 11) is -3.12. The molecule has 6 nitrogen and oxygen atoms in total. The van der Waals surface area contributed by atoms with Crippen LogP contribution in [0.15, 0.2) is 42.5 Å². The Bertz CT molecular complexity index is 981. The number of anilines is 1. The highest BCUT2D eigenvalue weighted by Gasteiger charge is 2.25. The molecule has 2 aromatic rings. The maximum atomic E-state index is 12.7. The van der Waals surface area contributed by atoms with Gasteiger partial charge in [0.2, 0.25) is 10.0 Å². The highest BCUT2D eigenvalue weighted by Crippen LogP contribution is 2.19. The van der Waals surface area contributed by atoms with E-state index in [1.807, 2.05) is 56.3 Å². The Hall–Kier alpha value is -2.22. The van der Waals surface area contributed by atoms with Crippen molar-refractivity contribution >= 4 is 21.6 Å². The highest BCUT2D eigenvalue weighted by atomic mass is 32.2. The summed E-state index contributed by atoms with van der Waals surface area (Å²) in [4.78, 5) is 14.9. The van der Waals surface area contributed by atoms with Gasteiger partial charge in [0, 0.05) is 44.0 Å². The van der Waals surface area contributed by atoms with Gasteiger partial charge in [-0.3, -0.25) is 9.69 Å². The van der Waals surface area contributed by atoms with E-state index in [4.69, 9.17) is 0 Å².